The summed E-state index contributed by atoms with van der Waals surface area (Å²) in [5.74, 6) is -1.54. The molecular weight excluding hydrogens is 610 g/mol. The molecule has 264 valence electrons. The van der Waals surface area contributed by atoms with E-state index in [1.165, 1.54) is 61.8 Å². The molecule has 0 aromatic carbocycles. The topological polar surface area (TPSA) is 204 Å². The number of H-pyrrole nitrogens is 1. The summed E-state index contributed by atoms with van der Waals surface area (Å²) in [6.45, 7) is 4.53. The Morgan fingerprint density at radius 1 is 1.06 bits per heavy atom. The molecule has 3 amide bonds. The highest BCUT2D eigenvalue weighted by atomic mass is 16.7. The van der Waals surface area contributed by atoms with Crippen molar-refractivity contribution in [3.8, 4) is 0 Å². The number of allylic oxidation sites excluding steroid dienone is 1. The van der Waals surface area contributed by atoms with Crippen molar-refractivity contribution >= 4 is 17.7 Å². The predicted octanol–water partition coefficient (Wildman–Crippen LogP) is 2.40. The van der Waals surface area contributed by atoms with E-state index in [2.05, 4.69) is 22.5 Å². The second-order valence-electron chi connectivity index (χ2n) is 12.4. The number of amides is 3. The van der Waals surface area contributed by atoms with E-state index in [1.807, 2.05) is 6.92 Å². The fraction of sp³-hybridized carbons (Fsp3) is 0.727. The van der Waals surface area contributed by atoms with Gasteiger partial charge in [0.15, 0.2) is 11.9 Å². The van der Waals surface area contributed by atoms with Crippen LogP contribution in [0.3, 0.4) is 0 Å². The van der Waals surface area contributed by atoms with Crippen LogP contribution in [0.4, 0.5) is 0 Å². The summed E-state index contributed by atoms with van der Waals surface area (Å²) in [5.41, 5.74) is 4.42. The largest absolute Gasteiger partial charge is 0.459 e. The first-order valence-electron chi connectivity index (χ1n) is 17.1. The number of aromatic nitrogens is 2. The second kappa shape index (κ2) is 20.0. The summed E-state index contributed by atoms with van der Waals surface area (Å²) in [5, 5.41) is 14.1. The minimum absolute atomic E-state index is 0.00424. The van der Waals surface area contributed by atoms with Gasteiger partial charge in [0.2, 0.25) is 18.1 Å². The Kier molecular flexibility index (Phi) is 16.2. The fourth-order valence-corrected chi connectivity index (χ4v) is 5.86. The molecule has 1 aromatic heterocycles. The zero-order valence-electron chi connectivity index (χ0n) is 27.7. The van der Waals surface area contributed by atoms with Crippen LogP contribution in [0.25, 0.3) is 0 Å². The third-order valence-electron chi connectivity index (χ3n) is 8.47. The van der Waals surface area contributed by atoms with Crippen LogP contribution in [0.1, 0.15) is 116 Å². The maximum Gasteiger partial charge on any atom is 0.330 e. The Balaban J connectivity index is 0.000000468. The van der Waals surface area contributed by atoms with Crippen LogP contribution >= 0.6 is 0 Å². The number of unbranched alkanes of at least 4 members (excludes halogenated alkanes) is 7. The fourth-order valence-electron chi connectivity index (χ4n) is 5.86. The third-order valence-corrected chi connectivity index (χ3v) is 8.47. The van der Waals surface area contributed by atoms with Crippen LogP contribution in [0.5, 0.6) is 0 Å². The van der Waals surface area contributed by atoms with Crippen LogP contribution in [0.15, 0.2) is 33.7 Å². The molecular formula is C33H53N5O9. The summed E-state index contributed by atoms with van der Waals surface area (Å²) in [6.07, 6.45) is 13.5. The molecule has 6 unspecified atom stereocenters. The highest BCUT2D eigenvalue weighted by molar-refractivity contribution is 5.95. The van der Waals surface area contributed by atoms with Crippen molar-refractivity contribution in [3.63, 3.8) is 0 Å². The standard InChI is InChI=1S/C23H31N5O8.C10H22O/c1-12-4-2-5-13(21(31)25-12)26-22(32)15-6-3-7-18(35-15)36-19(20(24)30)14-8-9-17(34-14)28-11-10-16(29)27-23(28)33;1-2-3-4-5-6-7-8-9-10-11/h6,10-14,17-19H,2-5,7-9H2,1H3,(H2,24,30)(H,25,31)(H,26,32)(H,27,29,33);11H,2-10H2,1H3. The number of nitrogens with two attached hydrogens (primary N) is 1. The molecule has 6 atom stereocenters. The zero-order chi connectivity index (χ0) is 34.2. The van der Waals surface area contributed by atoms with E-state index in [-0.39, 0.29) is 17.7 Å². The zero-order valence-corrected chi connectivity index (χ0v) is 27.7. The normalized spacial score (nSPS) is 24.9. The number of hydrogen-bond acceptors (Lipinski definition) is 9. The molecule has 14 nitrogen and oxygen atoms in total. The van der Waals surface area contributed by atoms with E-state index in [4.69, 9.17) is 25.1 Å². The molecule has 4 heterocycles. The number of aromatic amines is 1. The Morgan fingerprint density at radius 3 is 2.47 bits per heavy atom. The van der Waals surface area contributed by atoms with Gasteiger partial charge in [-0.25, -0.2) is 4.79 Å². The Morgan fingerprint density at radius 2 is 1.79 bits per heavy atom. The molecule has 6 N–H and O–H groups in total. The summed E-state index contributed by atoms with van der Waals surface area (Å²) in [4.78, 5) is 62.8. The van der Waals surface area contributed by atoms with Crippen LogP contribution < -0.4 is 27.6 Å². The van der Waals surface area contributed by atoms with Crippen LogP contribution in [-0.4, -0.2) is 69.6 Å². The van der Waals surface area contributed by atoms with Crippen molar-refractivity contribution in [1.29, 1.82) is 0 Å². The number of aliphatic hydroxyl groups is 1. The van der Waals surface area contributed by atoms with E-state index >= 15 is 0 Å². The summed E-state index contributed by atoms with van der Waals surface area (Å²) >= 11 is 0. The maximum atomic E-state index is 12.8. The minimum Gasteiger partial charge on any atom is -0.459 e. The molecule has 0 bridgehead atoms. The number of carbonyl (C=O) groups excluding carboxylic acids is 3. The molecule has 14 heteroatoms. The molecule has 0 saturated carbocycles. The van der Waals surface area contributed by atoms with Crippen molar-refractivity contribution < 1.29 is 33.7 Å². The molecule has 0 aliphatic carbocycles. The van der Waals surface area contributed by atoms with E-state index in [1.54, 1.807) is 6.08 Å². The summed E-state index contributed by atoms with van der Waals surface area (Å²) in [6, 6.07) is 0.592. The first-order chi connectivity index (χ1) is 22.6. The van der Waals surface area contributed by atoms with Crippen molar-refractivity contribution in [2.24, 2.45) is 5.73 Å². The van der Waals surface area contributed by atoms with Gasteiger partial charge in [0.25, 0.3) is 11.5 Å². The molecule has 2 fully saturated rings. The van der Waals surface area contributed by atoms with Crippen molar-refractivity contribution in [1.82, 2.24) is 20.2 Å². The monoisotopic (exact) mass is 663 g/mol. The Labute approximate surface area is 275 Å². The SMILES string of the molecule is CC1CCCC(NC(=O)C2=CCCC(OC(C(N)=O)C3CCC(n4ccc(=O)[nH]c4=O)O3)O2)C(=O)N1.CCCCCCCCCCO. The van der Waals surface area contributed by atoms with Gasteiger partial charge in [-0.3, -0.25) is 28.7 Å². The smallest absolute Gasteiger partial charge is 0.330 e. The Bertz CT molecular complexity index is 1290. The molecule has 47 heavy (non-hydrogen) atoms. The average Bonchev–Trinajstić information content (AvgIpc) is 3.46. The van der Waals surface area contributed by atoms with E-state index < -0.39 is 53.8 Å². The lowest BCUT2D eigenvalue weighted by Gasteiger charge is -2.30. The van der Waals surface area contributed by atoms with Gasteiger partial charge in [0.05, 0.1) is 6.10 Å². The van der Waals surface area contributed by atoms with E-state index in [0.717, 1.165) is 19.3 Å². The molecule has 3 aliphatic rings. The maximum absolute atomic E-state index is 12.8. The van der Waals surface area contributed by atoms with Crippen molar-refractivity contribution in [2.75, 3.05) is 6.61 Å². The predicted molar refractivity (Wildman–Crippen MR) is 174 cm³/mol. The van der Waals surface area contributed by atoms with Gasteiger partial charge in [-0.05, 0) is 57.9 Å². The van der Waals surface area contributed by atoms with Crippen LogP contribution in [0, 0.1) is 0 Å². The summed E-state index contributed by atoms with van der Waals surface area (Å²) in [7, 11) is 0. The van der Waals surface area contributed by atoms with Gasteiger partial charge in [0.1, 0.15) is 12.3 Å². The number of carbonyl (C=O) groups is 3. The molecule has 4 rings (SSSR count). The number of nitrogens with one attached hydrogen (secondary N) is 3. The number of nitrogens with zero attached hydrogens (tertiary/aromatic N) is 1. The van der Waals surface area contributed by atoms with Gasteiger partial charge in [0, 0.05) is 31.3 Å². The van der Waals surface area contributed by atoms with Gasteiger partial charge < -0.3 is 35.7 Å². The third kappa shape index (κ3) is 12.6. The first kappa shape index (κ1) is 38.0. The number of aliphatic hydroxyl groups excluding tert-OH is 1. The summed E-state index contributed by atoms with van der Waals surface area (Å²) < 4.78 is 18.6. The minimum atomic E-state index is -1.19. The average molecular weight is 664 g/mol. The molecule has 2 saturated heterocycles. The van der Waals surface area contributed by atoms with Crippen LogP contribution in [0.2, 0.25) is 0 Å². The van der Waals surface area contributed by atoms with Gasteiger partial charge >= 0.3 is 5.69 Å². The molecule has 1 aromatic rings. The lowest BCUT2D eigenvalue weighted by molar-refractivity contribution is -0.194. The van der Waals surface area contributed by atoms with Crippen LogP contribution in [-0.2, 0) is 28.6 Å². The quantitative estimate of drug-likeness (QED) is 0.175. The lowest BCUT2D eigenvalue weighted by Crippen LogP contribution is -2.48. The lowest BCUT2D eigenvalue weighted by atomic mass is 10.1. The number of rotatable bonds is 15. The molecule has 0 spiro atoms. The van der Waals surface area contributed by atoms with Gasteiger partial charge in [-0.15, -0.1) is 0 Å². The van der Waals surface area contributed by atoms with Gasteiger partial charge in [-0.2, -0.15) is 0 Å². The van der Waals surface area contributed by atoms with Crippen molar-refractivity contribution in [2.45, 2.75) is 147 Å². The van der Waals surface area contributed by atoms with Crippen molar-refractivity contribution in [3.05, 3.63) is 44.9 Å². The number of ether oxygens (including phenoxy) is 3. The Hall–Kier alpha value is -3.49. The second-order valence-corrected chi connectivity index (χ2v) is 12.4. The van der Waals surface area contributed by atoms with Gasteiger partial charge in [-0.1, -0.05) is 51.9 Å². The number of primary amides is 1. The molecule has 3 aliphatic heterocycles. The van der Waals surface area contributed by atoms with E-state index in [0.29, 0.717) is 38.7 Å². The highest BCUT2D eigenvalue weighted by Gasteiger charge is 2.39. The van der Waals surface area contributed by atoms with E-state index in [9.17, 15) is 24.0 Å². The molecule has 0 radical (unpaired) electrons. The highest BCUT2D eigenvalue weighted by Crippen LogP contribution is 2.31. The number of hydrogen-bond donors (Lipinski definition) is 5. The first-order valence-corrected chi connectivity index (χ1v) is 17.1.